The van der Waals surface area contributed by atoms with E-state index in [1.807, 2.05) is 42.5 Å². The number of carbonyl (C=O) groups is 1. The van der Waals surface area contributed by atoms with Crippen LogP contribution < -0.4 is 10.1 Å². The topological polar surface area (TPSA) is 38.3 Å². The molecular weight excluding hydrogens is 389 g/mol. The van der Waals surface area contributed by atoms with Gasteiger partial charge in [0.15, 0.2) is 6.61 Å². The van der Waals surface area contributed by atoms with Crippen LogP contribution in [0.25, 0.3) is 0 Å². The molecule has 0 aliphatic heterocycles. The first-order valence-corrected chi connectivity index (χ1v) is 7.49. The molecule has 20 heavy (non-hydrogen) atoms. The van der Waals surface area contributed by atoms with E-state index in [1.165, 1.54) is 0 Å². The molecule has 5 heteroatoms. The molecule has 104 valence electrons. The maximum atomic E-state index is 11.7. The second-order valence-corrected chi connectivity index (χ2v) is 5.77. The fourth-order valence-electron chi connectivity index (χ4n) is 1.59. The number of ether oxygens (including phenoxy) is 1. The zero-order valence-electron chi connectivity index (χ0n) is 10.6. The highest BCUT2D eigenvalue weighted by Crippen LogP contribution is 2.15. The van der Waals surface area contributed by atoms with Gasteiger partial charge in [0.25, 0.3) is 5.91 Å². The predicted molar refractivity (Wildman–Crippen MR) is 88.0 cm³/mol. The Bertz CT molecular complexity index is 604. The van der Waals surface area contributed by atoms with Crippen LogP contribution in [0, 0.1) is 3.57 Å². The maximum absolute atomic E-state index is 11.7. The molecule has 2 aromatic carbocycles. The molecule has 0 bridgehead atoms. The van der Waals surface area contributed by atoms with Crippen molar-refractivity contribution in [1.29, 1.82) is 0 Å². The van der Waals surface area contributed by atoms with Crippen LogP contribution in [0.1, 0.15) is 5.56 Å². The highest BCUT2D eigenvalue weighted by Gasteiger charge is 2.04. The fourth-order valence-corrected chi connectivity index (χ4v) is 2.31. The Morgan fingerprint density at radius 1 is 1.20 bits per heavy atom. The Labute approximate surface area is 136 Å². The smallest absolute Gasteiger partial charge is 0.258 e. The van der Waals surface area contributed by atoms with E-state index in [0.29, 0.717) is 17.3 Å². The summed E-state index contributed by atoms with van der Waals surface area (Å²) in [4.78, 5) is 11.7. The van der Waals surface area contributed by atoms with Gasteiger partial charge in [0.05, 0.1) is 0 Å². The van der Waals surface area contributed by atoms with E-state index in [4.69, 9.17) is 16.3 Å². The van der Waals surface area contributed by atoms with E-state index in [9.17, 15) is 4.79 Å². The summed E-state index contributed by atoms with van der Waals surface area (Å²) in [7, 11) is 0. The van der Waals surface area contributed by atoms with Crippen molar-refractivity contribution in [3.8, 4) is 5.75 Å². The van der Waals surface area contributed by atoms with Gasteiger partial charge < -0.3 is 10.1 Å². The average Bonchev–Trinajstić information content (AvgIpc) is 2.44. The molecule has 1 amide bonds. The van der Waals surface area contributed by atoms with Gasteiger partial charge in [-0.25, -0.2) is 0 Å². The zero-order chi connectivity index (χ0) is 14.4. The summed E-state index contributed by atoms with van der Waals surface area (Å²) < 4.78 is 6.48. The third kappa shape index (κ3) is 4.68. The Balaban J connectivity index is 1.80. The number of halogens is 2. The molecule has 0 heterocycles. The summed E-state index contributed by atoms with van der Waals surface area (Å²) in [6.45, 7) is 0.388. The van der Waals surface area contributed by atoms with Gasteiger partial charge in [-0.15, -0.1) is 0 Å². The van der Waals surface area contributed by atoms with Gasteiger partial charge in [0.1, 0.15) is 5.75 Å². The van der Waals surface area contributed by atoms with E-state index in [2.05, 4.69) is 27.9 Å². The summed E-state index contributed by atoms with van der Waals surface area (Å²) in [5.41, 5.74) is 0.886. The van der Waals surface area contributed by atoms with Gasteiger partial charge in [0.2, 0.25) is 0 Å². The fraction of sp³-hybridized carbons (Fsp3) is 0.133. The van der Waals surface area contributed by atoms with Crippen molar-refractivity contribution < 1.29 is 9.53 Å². The van der Waals surface area contributed by atoms with Crippen molar-refractivity contribution in [1.82, 2.24) is 5.32 Å². The van der Waals surface area contributed by atoms with Gasteiger partial charge in [0, 0.05) is 15.1 Å². The van der Waals surface area contributed by atoms with Crippen molar-refractivity contribution in [2.45, 2.75) is 6.54 Å². The molecule has 2 rings (SSSR count). The quantitative estimate of drug-likeness (QED) is 0.777. The summed E-state index contributed by atoms with van der Waals surface area (Å²) >= 11 is 8.21. The van der Waals surface area contributed by atoms with E-state index >= 15 is 0 Å². The molecule has 2 aromatic rings. The molecule has 0 atom stereocenters. The average molecular weight is 402 g/mol. The second kappa shape index (κ2) is 7.50. The van der Waals surface area contributed by atoms with Crippen molar-refractivity contribution in [2.75, 3.05) is 6.61 Å². The number of rotatable bonds is 5. The van der Waals surface area contributed by atoms with E-state index < -0.39 is 0 Å². The molecule has 0 saturated carbocycles. The number of hydrogen-bond acceptors (Lipinski definition) is 2. The van der Waals surface area contributed by atoms with Crippen LogP contribution >= 0.6 is 34.2 Å². The highest BCUT2D eigenvalue weighted by atomic mass is 127. The van der Waals surface area contributed by atoms with Crippen LogP contribution in [0.2, 0.25) is 5.02 Å². The normalized spacial score (nSPS) is 10.1. The molecule has 3 nitrogen and oxygen atoms in total. The lowest BCUT2D eigenvalue weighted by Crippen LogP contribution is -2.28. The van der Waals surface area contributed by atoms with Gasteiger partial charge >= 0.3 is 0 Å². The van der Waals surface area contributed by atoms with Gasteiger partial charge in [-0.1, -0.05) is 35.9 Å². The molecule has 0 aliphatic rings. The Kier molecular flexibility index (Phi) is 5.67. The van der Waals surface area contributed by atoms with Crippen LogP contribution in [-0.4, -0.2) is 12.5 Å². The number of carbonyl (C=O) groups excluding carboxylic acids is 1. The predicted octanol–water partition coefficient (Wildman–Crippen LogP) is 3.64. The van der Waals surface area contributed by atoms with Gasteiger partial charge in [-0.05, 0) is 52.4 Å². The minimum Gasteiger partial charge on any atom is -0.484 e. The molecular formula is C15H13ClINO2. The summed E-state index contributed by atoms with van der Waals surface area (Å²) in [6, 6.07) is 15.0. The standard InChI is InChI=1S/C15H13ClINO2/c16-14-7-2-1-4-11(14)9-18-15(19)10-20-13-6-3-5-12(17)8-13/h1-8H,9-10H2,(H,18,19). The van der Waals surface area contributed by atoms with Crippen molar-refractivity contribution in [3.05, 3.63) is 62.7 Å². The first-order chi connectivity index (χ1) is 9.65. The Hall–Kier alpha value is -1.27. The molecule has 0 fully saturated rings. The van der Waals surface area contributed by atoms with Gasteiger partial charge in [-0.3, -0.25) is 4.79 Å². The van der Waals surface area contributed by atoms with E-state index in [-0.39, 0.29) is 12.5 Å². The molecule has 1 N–H and O–H groups in total. The van der Waals surface area contributed by atoms with Crippen LogP contribution in [0.3, 0.4) is 0 Å². The second-order valence-electron chi connectivity index (χ2n) is 4.11. The van der Waals surface area contributed by atoms with Crippen LogP contribution in [0.4, 0.5) is 0 Å². The molecule has 0 saturated heterocycles. The number of benzene rings is 2. The lowest BCUT2D eigenvalue weighted by molar-refractivity contribution is -0.123. The summed E-state index contributed by atoms with van der Waals surface area (Å²) in [6.07, 6.45) is 0. The van der Waals surface area contributed by atoms with Crippen molar-refractivity contribution >= 4 is 40.1 Å². The van der Waals surface area contributed by atoms with Crippen LogP contribution in [0.5, 0.6) is 5.75 Å². The minimum absolute atomic E-state index is 0.00938. The molecule has 0 unspecified atom stereocenters. The molecule has 0 aromatic heterocycles. The van der Waals surface area contributed by atoms with Gasteiger partial charge in [-0.2, -0.15) is 0 Å². The van der Waals surface area contributed by atoms with Crippen molar-refractivity contribution in [3.63, 3.8) is 0 Å². The largest absolute Gasteiger partial charge is 0.484 e. The van der Waals surface area contributed by atoms with Crippen LogP contribution in [-0.2, 0) is 11.3 Å². The highest BCUT2D eigenvalue weighted by molar-refractivity contribution is 14.1. The van der Waals surface area contributed by atoms with E-state index in [1.54, 1.807) is 6.07 Å². The van der Waals surface area contributed by atoms with Crippen molar-refractivity contribution in [2.24, 2.45) is 0 Å². The Morgan fingerprint density at radius 2 is 2.00 bits per heavy atom. The number of amides is 1. The molecule has 0 aliphatic carbocycles. The minimum atomic E-state index is -0.177. The van der Waals surface area contributed by atoms with E-state index in [0.717, 1.165) is 9.13 Å². The summed E-state index contributed by atoms with van der Waals surface area (Å²) in [5.74, 6) is 0.508. The zero-order valence-corrected chi connectivity index (χ0v) is 13.5. The SMILES string of the molecule is O=C(COc1cccc(I)c1)NCc1ccccc1Cl. The summed E-state index contributed by atoms with van der Waals surface area (Å²) in [5, 5.41) is 3.42. The lowest BCUT2D eigenvalue weighted by Gasteiger charge is -2.08. The van der Waals surface area contributed by atoms with Crippen LogP contribution in [0.15, 0.2) is 48.5 Å². The first kappa shape index (κ1) is 15.1. The molecule has 0 radical (unpaired) electrons. The third-order valence-corrected chi connectivity index (χ3v) is 3.64. The monoisotopic (exact) mass is 401 g/mol. The molecule has 0 spiro atoms. The first-order valence-electron chi connectivity index (χ1n) is 6.03. The number of hydrogen-bond donors (Lipinski definition) is 1. The Morgan fingerprint density at radius 3 is 2.75 bits per heavy atom. The maximum Gasteiger partial charge on any atom is 0.258 e. The lowest BCUT2D eigenvalue weighted by atomic mass is 10.2. The number of nitrogens with one attached hydrogen (secondary N) is 1. The third-order valence-electron chi connectivity index (χ3n) is 2.60.